The van der Waals surface area contributed by atoms with Gasteiger partial charge in [0.05, 0.1) is 0 Å². The molecule has 0 aliphatic carbocycles. The first-order chi connectivity index (χ1) is 9.19. The number of nitrogens with one attached hydrogen (secondary N) is 1. The molecule has 1 atom stereocenters. The van der Waals surface area contributed by atoms with E-state index in [2.05, 4.69) is 55.6 Å². The van der Waals surface area contributed by atoms with Gasteiger partial charge in [0, 0.05) is 6.54 Å². The van der Waals surface area contributed by atoms with E-state index < -0.39 is 0 Å². The van der Waals surface area contributed by atoms with Crippen LogP contribution in [-0.2, 0) is 6.54 Å². The van der Waals surface area contributed by atoms with E-state index in [4.69, 9.17) is 5.73 Å². The predicted molar refractivity (Wildman–Crippen MR) is 83.2 cm³/mol. The second-order valence-electron chi connectivity index (χ2n) is 5.49. The average Bonchev–Trinajstić information content (AvgIpc) is 2.43. The van der Waals surface area contributed by atoms with Crippen LogP contribution in [0.2, 0.25) is 0 Å². The lowest BCUT2D eigenvalue weighted by Crippen LogP contribution is -2.20. The fraction of sp³-hybridized carbons (Fsp3) is 0.412. The zero-order chi connectivity index (χ0) is 13.7. The number of hydrogen-bond donors (Lipinski definition) is 2. The summed E-state index contributed by atoms with van der Waals surface area (Å²) in [4.78, 5) is 0. The molecule has 0 aliphatic rings. The van der Waals surface area contributed by atoms with Crippen LogP contribution < -0.4 is 11.1 Å². The number of rotatable bonds is 6. The molecule has 0 amide bonds. The Morgan fingerprint density at radius 2 is 1.84 bits per heavy atom. The highest BCUT2D eigenvalue weighted by atomic mass is 14.8. The van der Waals surface area contributed by atoms with E-state index in [0.29, 0.717) is 5.92 Å². The van der Waals surface area contributed by atoms with Gasteiger partial charge in [-0.25, -0.2) is 0 Å². The number of benzene rings is 2. The molecule has 2 aromatic carbocycles. The first-order valence-electron chi connectivity index (χ1n) is 7.09. The van der Waals surface area contributed by atoms with E-state index in [0.717, 1.165) is 26.1 Å². The van der Waals surface area contributed by atoms with Gasteiger partial charge in [0.15, 0.2) is 0 Å². The first kappa shape index (κ1) is 14.0. The van der Waals surface area contributed by atoms with Crippen LogP contribution in [0.5, 0.6) is 0 Å². The Hall–Kier alpha value is -1.38. The van der Waals surface area contributed by atoms with Gasteiger partial charge in [-0.15, -0.1) is 0 Å². The Labute approximate surface area is 116 Å². The fourth-order valence-corrected chi connectivity index (χ4v) is 2.22. The molecule has 3 N–H and O–H groups in total. The summed E-state index contributed by atoms with van der Waals surface area (Å²) in [7, 11) is 0. The van der Waals surface area contributed by atoms with Crippen molar-refractivity contribution in [1.29, 1.82) is 0 Å². The predicted octanol–water partition coefficient (Wildman–Crippen LogP) is 3.22. The van der Waals surface area contributed by atoms with Crippen molar-refractivity contribution in [2.75, 3.05) is 13.1 Å². The van der Waals surface area contributed by atoms with Crippen molar-refractivity contribution in [3.63, 3.8) is 0 Å². The summed E-state index contributed by atoms with van der Waals surface area (Å²) in [5.41, 5.74) is 8.27. The number of nitrogens with two attached hydrogens (primary N) is 1. The molecule has 0 saturated carbocycles. The Morgan fingerprint density at radius 1 is 1.11 bits per heavy atom. The second-order valence-corrected chi connectivity index (χ2v) is 5.49. The summed E-state index contributed by atoms with van der Waals surface area (Å²) in [6.45, 7) is 7.07. The summed E-state index contributed by atoms with van der Waals surface area (Å²) in [6.07, 6.45) is 1.14. The van der Waals surface area contributed by atoms with Crippen LogP contribution in [0.3, 0.4) is 0 Å². The molecular weight excluding hydrogens is 232 g/mol. The van der Waals surface area contributed by atoms with E-state index in [1.807, 2.05) is 0 Å². The Balaban J connectivity index is 1.92. The Morgan fingerprint density at radius 3 is 2.63 bits per heavy atom. The topological polar surface area (TPSA) is 38.0 Å². The normalized spacial score (nSPS) is 12.8. The SMILES string of the molecule is Cc1ccc2cc(CNCCC(C)CN)ccc2c1. The van der Waals surface area contributed by atoms with E-state index in [9.17, 15) is 0 Å². The summed E-state index contributed by atoms with van der Waals surface area (Å²) < 4.78 is 0. The maximum atomic E-state index is 5.61. The Bertz CT molecular complexity index is 534. The minimum absolute atomic E-state index is 0.604. The largest absolute Gasteiger partial charge is 0.330 e. The smallest absolute Gasteiger partial charge is 0.0205 e. The second kappa shape index (κ2) is 6.69. The minimum Gasteiger partial charge on any atom is -0.330 e. The van der Waals surface area contributed by atoms with Crippen molar-refractivity contribution in [2.45, 2.75) is 26.8 Å². The zero-order valence-corrected chi connectivity index (χ0v) is 11.9. The van der Waals surface area contributed by atoms with Crippen LogP contribution in [0.15, 0.2) is 36.4 Å². The molecule has 2 heteroatoms. The molecule has 0 heterocycles. The third-order valence-corrected chi connectivity index (χ3v) is 3.61. The monoisotopic (exact) mass is 256 g/mol. The van der Waals surface area contributed by atoms with Crippen molar-refractivity contribution >= 4 is 10.8 Å². The summed E-state index contributed by atoms with van der Waals surface area (Å²) >= 11 is 0. The molecule has 1 unspecified atom stereocenters. The lowest BCUT2D eigenvalue weighted by atomic mass is 10.0. The molecular formula is C17H24N2. The standard InChI is InChI=1S/C17H24N2/c1-13-3-5-17-10-15(4-6-16(17)9-13)12-19-8-7-14(2)11-18/h3-6,9-10,14,19H,7-8,11-12,18H2,1-2H3. The lowest BCUT2D eigenvalue weighted by Gasteiger charge is -2.10. The number of aryl methyl sites for hydroxylation is 1. The highest BCUT2D eigenvalue weighted by molar-refractivity contribution is 5.83. The minimum atomic E-state index is 0.604. The molecule has 2 aromatic rings. The van der Waals surface area contributed by atoms with E-state index >= 15 is 0 Å². The molecule has 19 heavy (non-hydrogen) atoms. The molecule has 0 aromatic heterocycles. The summed E-state index contributed by atoms with van der Waals surface area (Å²) in [6, 6.07) is 13.3. The van der Waals surface area contributed by atoms with Crippen LogP contribution in [0.25, 0.3) is 10.8 Å². The molecule has 0 spiro atoms. The van der Waals surface area contributed by atoms with Crippen LogP contribution in [-0.4, -0.2) is 13.1 Å². The highest BCUT2D eigenvalue weighted by Gasteiger charge is 2.00. The van der Waals surface area contributed by atoms with Crippen LogP contribution >= 0.6 is 0 Å². The number of fused-ring (bicyclic) bond motifs is 1. The molecule has 2 rings (SSSR count). The highest BCUT2D eigenvalue weighted by Crippen LogP contribution is 2.17. The van der Waals surface area contributed by atoms with E-state index in [-0.39, 0.29) is 0 Å². The van der Waals surface area contributed by atoms with Crippen molar-refractivity contribution < 1.29 is 0 Å². The van der Waals surface area contributed by atoms with Crippen LogP contribution in [0.1, 0.15) is 24.5 Å². The van der Waals surface area contributed by atoms with Crippen molar-refractivity contribution in [2.24, 2.45) is 11.7 Å². The fourth-order valence-electron chi connectivity index (χ4n) is 2.22. The molecule has 0 saturated heterocycles. The average molecular weight is 256 g/mol. The van der Waals surface area contributed by atoms with E-state index in [1.54, 1.807) is 0 Å². The van der Waals surface area contributed by atoms with Gasteiger partial charge in [0.1, 0.15) is 0 Å². The van der Waals surface area contributed by atoms with Crippen molar-refractivity contribution in [3.05, 3.63) is 47.5 Å². The Kier molecular flexibility index (Phi) is 4.94. The van der Waals surface area contributed by atoms with Gasteiger partial charge in [-0.2, -0.15) is 0 Å². The van der Waals surface area contributed by atoms with Crippen LogP contribution in [0.4, 0.5) is 0 Å². The maximum Gasteiger partial charge on any atom is 0.0205 e. The third kappa shape index (κ3) is 4.05. The molecule has 0 radical (unpaired) electrons. The molecule has 0 bridgehead atoms. The number of hydrogen-bond acceptors (Lipinski definition) is 2. The van der Waals surface area contributed by atoms with Gasteiger partial charge in [-0.05, 0) is 54.8 Å². The van der Waals surface area contributed by atoms with Gasteiger partial charge in [0.25, 0.3) is 0 Å². The molecule has 0 fully saturated rings. The van der Waals surface area contributed by atoms with Gasteiger partial charge in [-0.3, -0.25) is 0 Å². The van der Waals surface area contributed by atoms with Gasteiger partial charge >= 0.3 is 0 Å². The van der Waals surface area contributed by atoms with Crippen molar-refractivity contribution in [3.8, 4) is 0 Å². The van der Waals surface area contributed by atoms with Crippen molar-refractivity contribution in [1.82, 2.24) is 5.32 Å². The summed E-state index contributed by atoms with van der Waals surface area (Å²) in [5.74, 6) is 0.604. The zero-order valence-electron chi connectivity index (χ0n) is 11.9. The maximum absolute atomic E-state index is 5.61. The quantitative estimate of drug-likeness (QED) is 0.779. The van der Waals surface area contributed by atoms with E-state index in [1.165, 1.54) is 21.9 Å². The molecule has 102 valence electrons. The molecule has 0 aliphatic heterocycles. The molecule has 2 nitrogen and oxygen atoms in total. The lowest BCUT2D eigenvalue weighted by molar-refractivity contribution is 0.509. The van der Waals surface area contributed by atoms with Gasteiger partial charge < -0.3 is 11.1 Å². The third-order valence-electron chi connectivity index (χ3n) is 3.61. The van der Waals surface area contributed by atoms with Crippen LogP contribution in [0, 0.1) is 12.8 Å². The summed E-state index contributed by atoms with van der Waals surface area (Å²) in [5, 5.41) is 6.13. The van der Waals surface area contributed by atoms with Gasteiger partial charge in [-0.1, -0.05) is 42.8 Å². The van der Waals surface area contributed by atoms with Gasteiger partial charge in [0.2, 0.25) is 0 Å². The first-order valence-corrected chi connectivity index (χ1v) is 7.09.